The summed E-state index contributed by atoms with van der Waals surface area (Å²) in [6.07, 6.45) is 2.85. The highest BCUT2D eigenvalue weighted by Crippen LogP contribution is 2.40. The number of carboxylic acids is 1. The monoisotopic (exact) mass is 171 g/mol. The van der Waals surface area contributed by atoms with Gasteiger partial charge in [-0.3, -0.25) is 0 Å². The van der Waals surface area contributed by atoms with E-state index in [-0.39, 0.29) is 12.1 Å². The molecule has 2 fully saturated rings. The van der Waals surface area contributed by atoms with E-state index in [1.54, 1.807) is 0 Å². The Morgan fingerprint density at radius 1 is 1.67 bits per heavy atom. The van der Waals surface area contributed by atoms with Gasteiger partial charge in [0.15, 0.2) is 5.60 Å². The lowest BCUT2D eigenvalue weighted by Crippen LogP contribution is -2.48. The summed E-state index contributed by atoms with van der Waals surface area (Å²) in [4.78, 5) is 10.9. The van der Waals surface area contributed by atoms with Crippen LogP contribution in [0.5, 0.6) is 0 Å². The molecule has 0 aromatic carbocycles. The molecule has 0 saturated carbocycles. The molecule has 0 aromatic rings. The quantitative estimate of drug-likeness (QED) is 0.587. The summed E-state index contributed by atoms with van der Waals surface area (Å²) in [5.74, 6) is -0.847. The third kappa shape index (κ3) is 1.03. The maximum absolute atomic E-state index is 10.9. The maximum Gasteiger partial charge on any atom is 0.336 e. The summed E-state index contributed by atoms with van der Waals surface area (Å²) in [6, 6.07) is 0.00218. The van der Waals surface area contributed by atoms with Crippen LogP contribution in [-0.2, 0) is 9.53 Å². The zero-order valence-electron chi connectivity index (χ0n) is 6.82. The van der Waals surface area contributed by atoms with Crippen molar-refractivity contribution >= 4 is 5.97 Å². The van der Waals surface area contributed by atoms with Gasteiger partial charge in [0.2, 0.25) is 0 Å². The first-order valence-electron chi connectivity index (χ1n) is 4.29. The Bertz CT molecular complexity index is 218. The van der Waals surface area contributed by atoms with Gasteiger partial charge in [-0.15, -0.1) is 0 Å². The Morgan fingerprint density at radius 3 is 3.08 bits per heavy atom. The summed E-state index contributed by atoms with van der Waals surface area (Å²) in [5, 5.41) is 8.95. The molecular weight excluding hydrogens is 158 g/mol. The molecule has 2 saturated heterocycles. The molecule has 0 amide bonds. The topological polar surface area (TPSA) is 72.6 Å². The number of hydrogen-bond acceptors (Lipinski definition) is 3. The molecule has 0 aliphatic carbocycles. The van der Waals surface area contributed by atoms with Crippen molar-refractivity contribution in [1.82, 2.24) is 0 Å². The van der Waals surface area contributed by atoms with E-state index in [0.717, 1.165) is 12.8 Å². The zero-order chi connectivity index (χ0) is 8.77. The van der Waals surface area contributed by atoms with Gasteiger partial charge in [0.1, 0.15) is 0 Å². The average molecular weight is 171 g/mol. The lowest BCUT2D eigenvalue weighted by molar-refractivity contribution is -0.171. The predicted molar refractivity (Wildman–Crippen MR) is 41.7 cm³/mol. The van der Waals surface area contributed by atoms with E-state index in [2.05, 4.69) is 0 Å². The molecular formula is C8H13NO3. The maximum atomic E-state index is 10.9. The van der Waals surface area contributed by atoms with E-state index in [1.807, 2.05) is 0 Å². The lowest BCUT2D eigenvalue weighted by atomic mass is 9.92. The first-order chi connectivity index (χ1) is 5.62. The van der Waals surface area contributed by atoms with Crippen LogP contribution >= 0.6 is 0 Å². The summed E-state index contributed by atoms with van der Waals surface area (Å²) in [5.41, 5.74) is 4.79. The molecule has 2 rings (SSSR count). The van der Waals surface area contributed by atoms with Crippen molar-refractivity contribution in [3.05, 3.63) is 0 Å². The minimum atomic E-state index is -0.942. The Balaban J connectivity index is 2.21. The van der Waals surface area contributed by atoms with E-state index in [9.17, 15) is 4.79 Å². The van der Waals surface area contributed by atoms with E-state index in [0.29, 0.717) is 12.8 Å². The van der Waals surface area contributed by atoms with Gasteiger partial charge >= 0.3 is 5.97 Å². The van der Waals surface area contributed by atoms with Crippen molar-refractivity contribution in [2.45, 2.75) is 43.4 Å². The second-order valence-electron chi connectivity index (χ2n) is 3.78. The summed E-state index contributed by atoms with van der Waals surface area (Å²) >= 11 is 0. The molecule has 2 bridgehead atoms. The lowest BCUT2D eigenvalue weighted by Gasteiger charge is -2.33. The van der Waals surface area contributed by atoms with Gasteiger partial charge in [-0.2, -0.15) is 0 Å². The van der Waals surface area contributed by atoms with Crippen molar-refractivity contribution in [2.24, 2.45) is 5.73 Å². The van der Waals surface area contributed by atoms with Gasteiger partial charge in [0.05, 0.1) is 6.10 Å². The molecule has 0 radical (unpaired) electrons. The van der Waals surface area contributed by atoms with E-state index in [1.165, 1.54) is 0 Å². The zero-order valence-corrected chi connectivity index (χ0v) is 6.82. The molecule has 3 N–H and O–H groups in total. The van der Waals surface area contributed by atoms with Crippen LogP contribution in [0.4, 0.5) is 0 Å². The molecule has 0 unspecified atom stereocenters. The van der Waals surface area contributed by atoms with Crippen LogP contribution in [0.25, 0.3) is 0 Å². The third-order valence-electron chi connectivity index (χ3n) is 2.81. The number of nitrogens with two attached hydrogens (primary N) is 1. The van der Waals surface area contributed by atoms with Gasteiger partial charge in [0, 0.05) is 12.5 Å². The molecule has 68 valence electrons. The number of rotatable bonds is 1. The molecule has 2 aliphatic rings. The summed E-state index contributed by atoms with van der Waals surface area (Å²) in [6.45, 7) is 0. The molecule has 2 heterocycles. The largest absolute Gasteiger partial charge is 0.479 e. The Kier molecular flexibility index (Phi) is 1.63. The Hall–Kier alpha value is -0.610. The summed E-state index contributed by atoms with van der Waals surface area (Å²) in [7, 11) is 0. The first-order valence-corrected chi connectivity index (χ1v) is 4.29. The molecule has 4 nitrogen and oxygen atoms in total. The van der Waals surface area contributed by atoms with Gasteiger partial charge < -0.3 is 15.6 Å². The minimum absolute atomic E-state index is 0.00218. The number of ether oxygens (including phenoxy) is 1. The van der Waals surface area contributed by atoms with Crippen molar-refractivity contribution in [1.29, 1.82) is 0 Å². The highest BCUT2D eigenvalue weighted by Gasteiger charge is 2.51. The van der Waals surface area contributed by atoms with Crippen LogP contribution in [0.1, 0.15) is 25.7 Å². The number of carbonyl (C=O) groups is 1. The smallest absolute Gasteiger partial charge is 0.336 e. The number of aliphatic carboxylic acids is 1. The minimum Gasteiger partial charge on any atom is -0.479 e. The average Bonchev–Trinajstić information content (AvgIpc) is 2.28. The van der Waals surface area contributed by atoms with Crippen molar-refractivity contribution in [2.75, 3.05) is 0 Å². The molecule has 12 heavy (non-hydrogen) atoms. The molecule has 3 atom stereocenters. The second kappa shape index (κ2) is 2.44. The van der Waals surface area contributed by atoms with Crippen LogP contribution in [0.15, 0.2) is 0 Å². The van der Waals surface area contributed by atoms with Crippen LogP contribution in [-0.4, -0.2) is 28.8 Å². The molecule has 4 heteroatoms. The van der Waals surface area contributed by atoms with Crippen molar-refractivity contribution < 1.29 is 14.6 Å². The van der Waals surface area contributed by atoms with Crippen LogP contribution in [0.2, 0.25) is 0 Å². The second-order valence-corrected chi connectivity index (χ2v) is 3.78. The van der Waals surface area contributed by atoms with Gasteiger partial charge in [-0.25, -0.2) is 4.79 Å². The van der Waals surface area contributed by atoms with Crippen LogP contribution in [0, 0.1) is 0 Å². The van der Waals surface area contributed by atoms with Gasteiger partial charge in [0.25, 0.3) is 0 Å². The molecule has 0 spiro atoms. The predicted octanol–water partition coefficient (Wildman–Crippen LogP) is 0.110. The van der Waals surface area contributed by atoms with Crippen LogP contribution < -0.4 is 5.73 Å². The standard InChI is InChI=1S/C8H13NO3/c9-5-3-6-1-2-8(4-5,12-6)7(10)11/h5-6H,1-4,9H2,(H,10,11)/t5-,6-,8+/m1/s1. The Morgan fingerprint density at radius 2 is 2.42 bits per heavy atom. The SMILES string of the molecule is N[C@@H]1C[C@H]2CC[C@@](C(=O)O)(C1)O2. The number of hydrogen-bond donors (Lipinski definition) is 2. The van der Waals surface area contributed by atoms with Crippen molar-refractivity contribution in [3.8, 4) is 0 Å². The first kappa shape index (κ1) is 8.01. The number of fused-ring (bicyclic) bond motifs is 2. The third-order valence-corrected chi connectivity index (χ3v) is 2.81. The van der Waals surface area contributed by atoms with E-state index < -0.39 is 11.6 Å². The van der Waals surface area contributed by atoms with Gasteiger partial charge in [-0.1, -0.05) is 0 Å². The molecule has 0 aromatic heterocycles. The van der Waals surface area contributed by atoms with E-state index in [4.69, 9.17) is 15.6 Å². The molecule has 2 aliphatic heterocycles. The van der Waals surface area contributed by atoms with Gasteiger partial charge in [-0.05, 0) is 19.3 Å². The number of carboxylic acid groups (broad SMARTS) is 1. The fourth-order valence-corrected chi connectivity index (χ4v) is 2.24. The highest BCUT2D eigenvalue weighted by molar-refractivity contribution is 5.78. The fraction of sp³-hybridized carbons (Fsp3) is 0.875. The van der Waals surface area contributed by atoms with E-state index >= 15 is 0 Å². The Labute approximate surface area is 70.7 Å². The van der Waals surface area contributed by atoms with Crippen LogP contribution in [0.3, 0.4) is 0 Å². The summed E-state index contributed by atoms with van der Waals surface area (Å²) < 4.78 is 5.44. The van der Waals surface area contributed by atoms with Crippen molar-refractivity contribution in [3.63, 3.8) is 0 Å². The highest BCUT2D eigenvalue weighted by atomic mass is 16.5. The fourth-order valence-electron chi connectivity index (χ4n) is 2.24. The normalized spacial score (nSPS) is 46.1.